The normalized spacial score (nSPS) is 19.9. The number of carboxylic acids is 1. The van der Waals surface area contributed by atoms with Gasteiger partial charge in [0.2, 0.25) is 0 Å². The number of aliphatic carboxylic acids is 1. The summed E-state index contributed by atoms with van der Waals surface area (Å²) < 4.78 is 1.73. The van der Waals surface area contributed by atoms with Crippen LogP contribution in [0.1, 0.15) is 57.1 Å². The maximum atomic E-state index is 12.3. The Bertz CT molecular complexity index is 602. The first-order chi connectivity index (χ1) is 9.31. The van der Waals surface area contributed by atoms with Crippen molar-refractivity contribution >= 4 is 5.97 Å². The molecule has 1 heterocycles. The van der Waals surface area contributed by atoms with Crippen molar-refractivity contribution in [2.45, 2.75) is 59.4 Å². The predicted octanol–water partition coefficient (Wildman–Crippen LogP) is 1.97. The van der Waals surface area contributed by atoms with E-state index in [-0.39, 0.29) is 23.6 Å². The van der Waals surface area contributed by atoms with Gasteiger partial charge >= 0.3 is 11.7 Å². The molecule has 0 spiro atoms. The van der Waals surface area contributed by atoms with Crippen molar-refractivity contribution in [1.29, 1.82) is 0 Å². The van der Waals surface area contributed by atoms with Gasteiger partial charge in [-0.2, -0.15) is 4.98 Å². The van der Waals surface area contributed by atoms with Crippen LogP contribution in [-0.4, -0.2) is 20.6 Å². The number of aryl methyl sites for hydroxylation is 1. The van der Waals surface area contributed by atoms with Crippen molar-refractivity contribution in [3.8, 4) is 0 Å². The number of carboxylic acid groups (broad SMARTS) is 1. The van der Waals surface area contributed by atoms with Crippen LogP contribution in [0.5, 0.6) is 0 Å². The third kappa shape index (κ3) is 2.49. The lowest BCUT2D eigenvalue weighted by molar-refractivity contribution is -0.136. The lowest BCUT2D eigenvalue weighted by atomic mass is 10.0. The summed E-state index contributed by atoms with van der Waals surface area (Å²) in [4.78, 5) is 27.5. The van der Waals surface area contributed by atoms with Gasteiger partial charge in [0.05, 0.1) is 12.1 Å². The minimum absolute atomic E-state index is 0.0627. The average molecular weight is 278 g/mol. The zero-order chi connectivity index (χ0) is 15.1. The van der Waals surface area contributed by atoms with Gasteiger partial charge in [-0.25, -0.2) is 4.79 Å². The summed E-state index contributed by atoms with van der Waals surface area (Å²) in [5, 5.41) is 9.11. The third-order valence-corrected chi connectivity index (χ3v) is 4.20. The van der Waals surface area contributed by atoms with Crippen LogP contribution < -0.4 is 5.69 Å². The smallest absolute Gasteiger partial charge is 0.348 e. The third-order valence-electron chi connectivity index (χ3n) is 4.20. The fourth-order valence-electron chi connectivity index (χ4n) is 2.90. The van der Waals surface area contributed by atoms with E-state index in [1.807, 2.05) is 13.8 Å². The van der Waals surface area contributed by atoms with Gasteiger partial charge in [-0.1, -0.05) is 27.7 Å². The van der Waals surface area contributed by atoms with E-state index < -0.39 is 5.97 Å². The maximum Gasteiger partial charge on any atom is 0.348 e. The zero-order valence-electron chi connectivity index (χ0n) is 12.6. The van der Waals surface area contributed by atoms with E-state index in [2.05, 4.69) is 18.8 Å². The van der Waals surface area contributed by atoms with E-state index in [0.29, 0.717) is 18.5 Å². The molecule has 0 amide bonds. The Labute approximate surface area is 118 Å². The van der Waals surface area contributed by atoms with Crippen LogP contribution in [0, 0.1) is 5.41 Å². The Morgan fingerprint density at radius 3 is 2.40 bits per heavy atom. The fourth-order valence-corrected chi connectivity index (χ4v) is 2.90. The molecule has 2 rings (SSSR count). The molecule has 1 aromatic rings. The average Bonchev–Trinajstić information content (AvgIpc) is 2.98. The minimum atomic E-state index is -0.878. The van der Waals surface area contributed by atoms with Crippen LogP contribution >= 0.6 is 0 Å². The number of aromatic nitrogens is 2. The van der Waals surface area contributed by atoms with Gasteiger partial charge in [0.15, 0.2) is 0 Å². The Morgan fingerprint density at radius 2 is 2.00 bits per heavy atom. The van der Waals surface area contributed by atoms with E-state index in [4.69, 9.17) is 5.11 Å². The number of nitrogens with zero attached hydrogens (tertiary/aromatic N) is 2. The molecule has 5 nitrogen and oxygen atoms in total. The van der Waals surface area contributed by atoms with E-state index in [9.17, 15) is 9.59 Å². The SMILES string of the molecule is CCc1nc(=O)n(C2CC2(C)C)c(CC)c1CC(=O)O. The molecule has 1 atom stereocenters. The first-order valence-corrected chi connectivity index (χ1v) is 7.16. The minimum Gasteiger partial charge on any atom is -0.481 e. The molecule has 110 valence electrons. The van der Waals surface area contributed by atoms with Gasteiger partial charge < -0.3 is 5.11 Å². The molecule has 0 bridgehead atoms. The van der Waals surface area contributed by atoms with Crippen molar-refractivity contribution in [1.82, 2.24) is 9.55 Å². The van der Waals surface area contributed by atoms with Crippen LogP contribution in [-0.2, 0) is 24.1 Å². The van der Waals surface area contributed by atoms with Gasteiger partial charge in [-0.3, -0.25) is 9.36 Å². The summed E-state index contributed by atoms with van der Waals surface area (Å²) in [7, 11) is 0. The molecule has 0 aromatic carbocycles. The molecule has 1 saturated carbocycles. The number of rotatable bonds is 5. The Hall–Kier alpha value is -1.65. The maximum absolute atomic E-state index is 12.3. The van der Waals surface area contributed by atoms with Crippen molar-refractivity contribution < 1.29 is 9.90 Å². The second-order valence-electron chi connectivity index (χ2n) is 6.12. The van der Waals surface area contributed by atoms with Crippen LogP contribution in [0.2, 0.25) is 0 Å². The molecule has 1 fully saturated rings. The second kappa shape index (κ2) is 5.04. The molecular formula is C15H22N2O3. The Morgan fingerprint density at radius 1 is 1.40 bits per heavy atom. The number of carbonyl (C=O) groups is 1. The van der Waals surface area contributed by atoms with Crippen molar-refractivity contribution in [2.75, 3.05) is 0 Å². The van der Waals surface area contributed by atoms with Gasteiger partial charge in [-0.05, 0) is 24.7 Å². The summed E-state index contributed by atoms with van der Waals surface area (Å²) in [5.74, 6) is -0.878. The Kier molecular flexibility index (Phi) is 3.71. The lowest BCUT2D eigenvalue weighted by Crippen LogP contribution is -2.30. The molecule has 1 N–H and O–H groups in total. The van der Waals surface area contributed by atoms with Crippen molar-refractivity contribution in [3.05, 3.63) is 27.4 Å². The van der Waals surface area contributed by atoms with Crippen molar-refractivity contribution in [2.24, 2.45) is 5.41 Å². The molecule has 0 saturated heterocycles. The topological polar surface area (TPSA) is 72.2 Å². The first-order valence-electron chi connectivity index (χ1n) is 7.16. The molecule has 1 aliphatic rings. The summed E-state index contributed by atoms with van der Waals surface area (Å²) in [6.07, 6.45) is 2.12. The summed E-state index contributed by atoms with van der Waals surface area (Å²) >= 11 is 0. The highest BCUT2D eigenvalue weighted by atomic mass is 16.4. The molecule has 1 aromatic heterocycles. The standard InChI is InChI=1S/C15H22N2O3/c1-5-10-9(7-13(18)19)11(6-2)17(14(20)16-10)12-8-15(12,3)4/h12H,5-8H2,1-4H3,(H,18,19). The van der Waals surface area contributed by atoms with Crippen molar-refractivity contribution in [3.63, 3.8) is 0 Å². The predicted molar refractivity (Wildman–Crippen MR) is 76.0 cm³/mol. The van der Waals surface area contributed by atoms with E-state index in [1.54, 1.807) is 4.57 Å². The van der Waals surface area contributed by atoms with Gasteiger partial charge in [0.25, 0.3) is 0 Å². The Balaban J connectivity index is 2.63. The number of hydrogen-bond acceptors (Lipinski definition) is 3. The fraction of sp³-hybridized carbons (Fsp3) is 0.667. The lowest BCUT2D eigenvalue weighted by Gasteiger charge is -2.18. The van der Waals surface area contributed by atoms with Crippen LogP contribution in [0.4, 0.5) is 0 Å². The zero-order valence-corrected chi connectivity index (χ0v) is 12.6. The van der Waals surface area contributed by atoms with Crippen LogP contribution in [0.15, 0.2) is 4.79 Å². The highest BCUT2D eigenvalue weighted by molar-refractivity contribution is 5.71. The largest absolute Gasteiger partial charge is 0.481 e. The summed E-state index contributed by atoms with van der Waals surface area (Å²) in [6.45, 7) is 8.10. The first kappa shape index (κ1) is 14.8. The second-order valence-corrected chi connectivity index (χ2v) is 6.12. The van der Waals surface area contributed by atoms with Gasteiger partial charge in [-0.15, -0.1) is 0 Å². The highest BCUT2D eigenvalue weighted by Crippen LogP contribution is 2.55. The van der Waals surface area contributed by atoms with E-state index in [0.717, 1.165) is 17.7 Å². The number of hydrogen-bond donors (Lipinski definition) is 1. The molecule has 1 aliphatic carbocycles. The molecule has 5 heteroatoms. The molecular weight excluding hydrogens is 256 g/mol. The van der Waals surface area contributed by atoms with Crippen LogP contribution in [0.3, 0.4) is 0 Å². The van der Waals surface area contributed by atoms with Crippen LogP contribution in [0.25, 0.3) is 0 Å². The quantitative estimate of drug-likeness (QED) is 0.893. The molecule has 0 aliphatic heterocycles. The summed E-state index contributed by atoms with van der Waals surface area (Å²) in [6, 6.07) is 0.149. The summed E-state index contributed by atoms with van der Waals surface area (Å²) in [5.41, 5.74) is 2.07. The molecule has 0 radical (unpaired) electrons. The van der Waals surface area contributed by atoms with E-state index >= 15 is 0 Å². The van der Waals surface area contributed by atoms with E-state index in [1.165, 1.54) is 0 Å². The highest BCUT2D eigenvalue weighted by Gasteiger charge is 2.48. The molecule has 20 heavy (non-hydrogen) atoms. The van der Waals surface area contributed by atoms with Gasteiger partial charge in [0.1, 0.15) is 0 Å². The molecule has 1 unspecified atom stereocenters. The monoisotopic (exact) mass is 278 g/mol. The van der Waals surface area contributed by atoms with Gasteiger partial charge in [0, 0.05) is 17.3 Å².